The molecule has 0 spiro atoms. The van der Waals surface area contributed by atoms with Crippen molar-refractivity contribution in [2.24, 2.45) is 4.99 Å². The van der Waals surface area contributed by atoms with Gasteiger partial charge in [0.05, 0.1) is 5.71 Å². The van der Waals surface area contributed by atoms with Crippen molar-refractivity contribution in [3.05, 3.63) is 35.5 Å². The first-order chi connectivity index (χ1) is 9.44. The van der Waals surface area contributed by atoms with E-state index in [9.17, 15) is 13.2 Å². The summed E-state index contributed by atoms with van der Waals surface area (Å²) >= 11 is 0. The Morgan fingerprint density at radius 1 is 1.40 bits per heavy atom. The van der Waals surface area contributed by atoms with Gasteiger partial charge in [-0.2, -0.15) is 0 Å². The van der Waals surface area contributed by atoms with E-state index in [1.54, 1.807) is 25.2 Å². The third-order valence-electron chi connectivity index (χ3n) is 3.24. The van der Waals surface area contributed by atoms with Crippen LogP contribution in [-0.4, -0.2) is 31.8 Å². The lowest BCUT2D eigenvalue weighted by atomic mass is 9.94. The van der Waals surface area contributed by atoms with E-state index in [0.717, 1.165) is 24.0 Å². The van der Waals surface area contributed by atoms with E-state index in [2.05, 4.69) is 9.71 Å². The molecule has 6 heteroatoms. The molecule has 1 aliphatic carbocycles. The van der Waals surface area contributed by atoms with Crippen LogP contribution in [0.2, 0.25) is 0 Å². The Morgan fingerprint density at radius 3 is 2.85 bits per heavy atom. The number of rotatable bonds is 5. The van der Waals surface area contributed by atoms with E-state index >= 15 is 0 Å². The predicted octanol–water partition coefficient (Wildman–Crippen LogP) is 1.50. The summed E-state index contributed by atoms with van der Waals surface area (Å²) in [5.74, 6) is -0.304. The number of nitrogens with zero attached hydrogens (tertiary/aromatic N) is 1. The molecule has 0 saturated heterocycles. The van der Waals surface area contributed by atoms with Gasteiger partial charge >= 0.3 is 0 Å². The number of carbonyl (C=O) groups excluding carboxylic acids is 1. The molecule has 0 aromatic carbocycles. The van der Waals surface area contributed by atoms with Gasteiger partial charge in [-0.25, -0.2) is 18.1 Å². The molecule has 0 fully saturated rings. The first-order valence-electron chi connectivity index (χ1n) is 6.64. The van der Waals surface area contributed by atoms with E-state index in [0.29, 0.717) is 12.3 Å². The Kier molecular flexibility index (Phi) is 4.35. The lowest BCUT2D eigenvalue weighted by Crippen LogP contribution is -2.34. The average Bonchev–Trinajstić information content (AvgIpc) is 2.38. The van der Waals surface area contributed by atoms with Crippen LogP contribution in [-0.2, 0) is 14.8 Å². The molecule has 20 heavy (non-hydrogen) atoms. The standard InChI is InChI=1S/C14H18N2O3S/c1-3-4-7-15-20(18,19)11-5-6-13-12(9-11)10(2)8-14(17)16-13/h5-6,8-9,11,15H,3-4,7H2,1-2H3. The van der Waals surface area contributed by atoms with Crippen LogP contribution in [0, 0.1) is 0 Å². The predicted molar refractivity (Wildman–Crippen MR) is 79.0 cm³/mol. The van der Waals surface area contributed by atoms with Crippen molar-refractivity contribution in [1.29, 1.82) is 0 Å². The summed E-state index contributed by atoms with van der Waals surface area (Å²) in [5.41, 5.74) is 2.01. The molecule has 1 atom stereocenters. The van der Waals surface area contributed by atoms with Gasteiger partial charge in [-0.3, -0.25) is 4.79 Å². The fraction of sp³-hybridized carbons (Fsp3) is 0.429. The van der Waals surface area contributed by atoms with Crippen molar-refractivity contribution in [3.8, 4) is 0 Å². The van der Waals surface area contributed by atoms with Crippen molar-refractivity contribution in [3.63, 3.8) is 0 Å². The second kappa shape index (κ2) is 5.85. The molecule has 0 aromatic rings. The molecule has 0 saturated carbocycles. The number of allylic oxidation sites excluding steroid dienone is 3. The Morgan fingerprint density at radius 2 is 2.15 bits per heavy atom. The summed E-state index contributed by atoms with van der Waals surface area (Å²) in [6.45, 7) is 4.24. The van der Waals surface area contributed by atoms with Gasteiger partial charge in [0.1, 0.15) is 5.25 Å². The molecule has 1 N–H and O–H groups in total. The quantitative estimate of drug-likeness (QED) is 0.781. The Bertz CT molecular complexity index is 639. The van der Waals surface area contributed by atoms with Gasteiger partial charge in [-0.15, -0.1) is 0 Å². The SMILES string of the molecule is CCCCNS(=O)(=O)C1C=CC2=NC(=O)C=C(C)C2=C1. The van der Waals surface area contributed by atoms with E-state index < -0.39 is 15.3 Å². The highest BCUT2D eigenvalue weighted by Gasteiger charge is 2.27. The van der Waals surface area contributed by atoms with Crippen LogP contribution in [0.15, 0.2) is 40.4 Å². The normalized spacial score (nSPS) is 22.0. The zero-order valence-corrected chi connectivity index (χ0v) is 12.4. The van der Waals surface area contributed by atoms with Gasteiger partial charge in [0, 0.05) is 18.2 Å². The molecule has 2 rings (SSSR count). The molecule has 2 aliphatic rings. The third kappa shape index (κ3) is 3.13. The van der Waals surface area contributed by atoms with Gasteiger partial charge in [-0.1, -0.05) is 25.5 Å². The highest BCUT2D eigenvalue weighted by Crippen LogP contribution is 2.24. The largest absolute Gasteiger partial charge is 0.270 e. The number of hydrogen-bond donors (Lipinski definition) is 1. The first-order valence-corrected chi connectivity index (χ1v) is 8.19. The summed E-state index contributed by atoms with van der Waals surface area (Å²) in [7, 11) is -3.42. The van der Waals surface area contributed by atoms with Crippen LogP contribution in [0.25, 0.3) is 0 Å². The summed E-state index contributed by atoms with van der Waals surface area (Å²) in [4.78, 5) is 15.2. The Balaban J connectivity index is 2.21. The maximum atomic E-state index is 12.2. The summed E-state index contributed by atoms with van der Waals surface area (Å²) in [6.07, 6.45) is 7.97. The minimum atomic E-state index is -3.42. The first kappa shape index (κ1) is 14.9. The molecule has 0 bridgehead atoms. The topological polar surface area (TPSA) is 75.6 Å². The maximum absolute atomic E-state index is 12.2. The van der Waals surface area contributed by atoms with Crippen molar-refractivity contribution in [1.82, 2.24) is 4.72 Å². The Hall–Kier alpha value is -1.53. The fourth-order valence-corrected chi connectivity index (χ4v) is 3.33. The molecule has 1 unspecified atom stereocenters. The number of amides is 1. The van der Waals surface area contributed by atoms with Gasteiger partial charge in [-0.05, 0) is 25.0 Å². The number of aliphatic imine (C=N–C) groups is 1. The van der Waals surface area contributed by atoms with Crippen molar-refractivity contribution >= 4 is 21.6 Å². The van der Waals surface area contributed by atoms with Crippen LogP contribution in [0.3, 0.4) is 0 Å². The molecule has 0 aromatic heterocycles. The number of carbonyl (C=O) groups is 1. The van der Waals surface area contributed by atoms with Crippen molar-refractivity contribution < 1.29 is 13.2 Å². The van der Waals surface area contributed by atoms with Crippen LogP contribution >= 0.6 is 0 Å². The number of fused-ring (bicyclic) bond motifs is 1. The molecule has 1 heterocycles. The average molecular weight is 294 g/mol. The maximum Gasteiger partial charge on any atom is 0.270 e. The van der Waals surface area contributed by atoms with Gasteiger partial charge in [0.15, 0.2) is 0 Å². The summed E-state index contributed by atoms with van der Waals surface area (Å²) in [6, 6.07) is 0. The van der Waals surface area contributed by atoms with Crippen LogP contribution < -0.4 is 4.72 Å². The Labute approximate surface area is 119 Å². The highest BCUT2D eigenvalue weighted by atomic mass is 32.2. The monoisotopic (exact) mass is 294 g/mol. The third-order valence-corrected chi connectivity index (χ3v) is 4.85. The zero-order chi connectivity index (χ0) is 14.8. The molecule has 1 aliphatic heterocycles. The number of dihydropyridines is 1. The molecule has 1 amide bonds. The number of hydrogen-bond acceptors (Lipinski definition) is 3. The minimum absolute atomic E-state index is 0.304. The molecule has 0 radical (unpaired) electrons. The smallest absolute Gasteiger partial charge is 0.267 e. The second-order valence-electron chi connectivity index (χ2n) is 4.86. The van der Waals surface area contributed by atoms with Gasteiger partial charge in [0.25, 0.3) is 5.91 Å². The fourth-order valence-electron chi connectivity index (χ4n) is 2.11. The molecule has 5 nitrogen and oxygen atoms in total. The summed E-state index contributed by atoms with van der Waals surface area (Å²) in [5, 5.41) is -0.718. The van der Waals surface area contributed by atoms with Crippen LogP contribution in [0.5, 0.6) is 0 Å². The van der Waals surface area contributed by atoms with Gasteiger partial charge < -0.3 is 0 Å². The molecular weight excluding hydrogens is 276 g/mol. The summed E-state index contributed by atoms with van der Waals surface area (Å²) < 4.78 is 26.9. The second-order valence-corrected chi connectivity index (χ2v) is 6.78. The minimum Gasteiger partial charge on any atom is -0.267 e. The van der Waals surface area contributed by atoms with E-state index in [1.165, 1.54) is 6.08 Å². The van der Waals surface area contributed by atoms with Crippen molar-refractivity contribution in [2.45, 2.75) is 31.9 Å². The van der Waals surface area contributed by atoms with Crippen molar-refractivity contribution in [2.75, 3.05) is 6.54 Å². The number of unbranched alkanes of at least 4 members (excludes halogenated alkanes) is 1. The zero-order valence-electron chi connectivity index (χ0n) is 11.6. The highest BCUT2D eigenvalue weighted by molar-refractivity contribution is 7.90. The lowest BCUT2D eigenvalue weighted by Gasteiger charge is -2.20. The number of nitrogens with one attached hydrogen (secondary N) is 1. The molecule has 108 valence electrons. The van der Waals surface area contributed by atoms with E-state index in [4.69, 9.17) is 0 Å². The van der Waals surface area contributed by atoms with Gasteiger partial charge in [0.2, 0.25) is 10.0 Å². The van der Waals surface area contributed by atoms with E-state index in [-0.39, 0.29) is 5.91 Å². The van der Waals surface area contributed by atoms with Crippen LogP contribution in [0.4, 0.5) is 0 Å². The molecular formula is C14H18N2O3S. The lowest BCUT2D eigenvalue weighted by molar-refractivity contribution is -0.113. The number of sulfonamides is 1. The van der Waals surface area contributed by atoms with Crippen LogP contribution in [0.1, 0.15) is 26.7 Å². The van der Waals surface area contributed by atoms with E-state index in [1.807, 2.05) is 6.92 Å².